The molecule has 2 fully saturated rings. The monoisotopic (exact) mass is 314 g/mol. The van der Waals surface area contributed by atoms with Crippen LogP contribution < -0.4 is 5.56 Å². The van der Waals surface area contributed by atoms with Gasteiger partial charge < -0.3 is 9.64 Å². The average Bonchev–Trinajstić information content (AvgIpc) is 3.09. The Hall–Kier alpha value is -1.79. The van der Waals surface area contributed by atoms with Crippen molar-refractivity contribution in [2.24, 2.45) is 0 Å². The maximum atomic E-state index is 12.6. The van der Waals surface area contributed by atoms with Crippen LogP contribution in [0.4, 0.5) is 0 Å². The first-order valence-electron chi connectivity index (χ1n) is 8.46. The van der Waals surface area contributed by atoms with Crippen LogP contribution in [0.1, 0.15) is 31.7 Å². The summed E-state index contributed by atoms with van der Waals surface area (Å²) >= 11 is 0. The molecular weight excluding hydrogens is 292 g/mol. The lowest BCUT2D eigenvalue weighted by atomic mass is 10.0. The lowest BCUT2D eigenvalue weighted by Gasteiger charge is -2.33. The van der Waals surface area contributed by atoms with Gasteiger partial charge in [-0.1, -0.05) is 0 Å². The molecule has 0 bridgehead atoms. The number of pyridine rings is 1. The van der Waals surface area contributed by atoms with Crippen molar-refractivity contribution in [3.05, 3.63) is 35.1 Å². The predicted octanol–water partition coefficient (Wildman–Crippen LogP) is 1.61. The predicted molar refractivity (Wildman–Crippen MR) is 87.5 cm³/mol. The van der Waals surface area contributed by atoms with Gasteiger partial charge in [0.1, 0.15) is 0 Å². The van der Waals surface area contributed by atoms with Gasteiger partial charge in [0, 0.05) is 44.7 Å². The molecular formula is C17H22N4O2. The zero-order valence-electron chi connectivity index (χ0n) is 13.2. The molecule has 4 heterocycles. The minimum Gasteiger partial charge on any atom is -0.377 e. The van der Waals surface area contributed by atoms with Crippen molar-refractivity contribution in [2.45, 2.75) is 37.8 Å². The van der Waals surface area contributed by atoms with Crippen molar-refractivity contribution in [2.75, 3.05) is 26.2 Å². The van der Waals surface area contributed by atoms with E-state index in [2.05, 4.69) is 14.9 Å². The molecule has 0 saturated carbocycles. The number of fused-ring (bicyclic) bond motifs is 1. The first-order valence-corrected chi connectivity index (χ1v) is 8.46. The summed E-state index contributed by atoms with van der Waals surface area (Å²) in [6, 6.07) is 2.02. The highest BCUT2D eigenvalue weighted by Gasteiger charge is 2.25. The summed E-state index contributed by atoms with van der Waals surface area (Å²) in [5, 5.41) is 0.608. The lowest BCUT2D eigenvalue weighted by molar-refractivity contribution is 0.0604. The smallest absolute Gasteiger partial charge is 0.263 e. The summed E-state index contributed by atoms with van der Waals surface area (Å²) in [6.45, 7) is 3.97. The number of aromatic nitrogens is 3. The third kappa shape index (κ3) is 3.01. The zero-order valence-corrected chi connectivity index (χ0v) is 13.2. The standard InChI is InChI=1S/C17H22N4O2/c22-17-15-10-18-6-3-16(15)19-12-21(17)13-4-7-20(8-5-13)11-14-2-1-9-23-14/h3,6,10,12-14H,1-2,4-5,7-9,11H2. The topological polar surface area (TPSA) is 60.2 Å². The van der Waals surface area contributed by atoms with Crippen LogP contribution in [0.5, 0.6) is 0 Å². The molecule has 2 saturated heterocycles. The molecule has 2 aromatic heterocycles. The molecule has 0 amide bonds. The van der Waals surface area contributed by atoms with Crippen molar-refractivity contribution >= 4 is 10.9 Å². The molecule has 0 N–H and O–H groups in total. The highest BCUT2D eigenvalue weighted by molar-refractivity contribution is 5.75. The van der Waals surface area contributed by atoms with Crippen molar-refractivity contribution < 1.29 is 4.74 Å². The third-order valence-corrected chi connectivity index (χ3v) is 5.02. The lowest BCUT2D eigenvalue weighted by Crippen LogP contribution is -2.40. The minimum absolute atomic E-state index is 0.0284. The van der Waals surface area contributed by atoms with Gasteiger partial charge in [-0.05, 0) is 31.7 Å². The van der Waals surface area contributed by atoms with E-state index in [-0.39, 0.29) is 11.6 Å². The highest BCUT2D eigenvalue weighted by Crippen LogP contribution is 2.23. The van der Waals surface area contributed by atoms with E-state index in [4.69, 9.17) is 4.74 Å². The van der Waals surface area contributed by atoms with Crippen molar-refractivity contribution in [1.82, 2.24) is 19.4 Å². The van der Waals surface area contributed by atoms with E-state index in [1.807, 2.05) is 0 Å². The maximum absolute atomic E-state index is 12.6. The van der Waals surface area contributed by atoms with Gasteiger partial charge in [-0.2, -0.15) is 0 Å². The first-order chi connectivity index (χ1) is 11.3. The first kappa shape index (κ1) is 14.8. The van der Waals surface area contributed by atoms with E-state index in [0.29, 0.717) is 11.5 Å². The molecule has 2 aliphatic rings. The Balaban J connectivity index is 1.46. The summed E-state index contributed by atoms with van der Waals surface area (Å²) in [5.74, 6) is 0. The molecule has 0 radical (unpaired) electrons. The summed E-state index contributed by atoms with van der Waals surface area (Å²) in [6.07, 6.45) is 9.73. The number of nitrogens with zero attached hydrogens (tertiary/aromatic N) is 4. The summed E-state index contributed by atoms with van der Waals surface area (Å²) in [7, 11) is 0. The zero-order chi connectivity index (χ0) is 15.6. The van der Waals surface area contributed by atoms with Gasteiger partial charge in [0.05, 0.1) is 23.3 Å². The summed E-state index contributed by atoms with van der Waals surface area (Å²) in [4.78, 5) is 23.6. The molecule has 6 nitrogen and oxygen atoms in total. The quantitative estimate of drug-likeness (QED) is 0.861. The maximum Gasteiger partial charge on any atom is 0.263 e. The van der Waals surface area contributed by atoms with Crippen LogP contribution in [0.25, 0.3) is 10.9 Å². The van der Waals surface area contributed by atoms with E-state index in [9.17, 15) is 4.79 Å². The van der Waals surface area contributed by atoms with Crippen LogP contribution in [0.15, 0.2) is 29.6 Å². The Morgan fingerprint density at radius 2 is 2.13 bits per heavy atom. The summed E-state index contributed by atoms with van der Waals surface area (Å²) in [5.41, 5.74) is 0.748. The van der Waals surface area contributed by atoms with Gasteiger partial charge in [-0.25, -0.2) is 4.98 Å². The van der Waals surface area contributed by atoms with Crippen LogP contribution in [-0.4, -0.2) is 51.8 Å². The second-order valence-electron chi connectivity index (χ2n) is 6.52. The molecule has 0 spiro atoms. The average molecular weight is 314 g/mol. The minimum atomic E-state index is 0.0284. The van der Waals surface area contributed by atoms with Crippen LogP contribution in [0.2, 0.25) is 0 Å². The molecule has 4 rings (SSSR count). The van der Waals surface area contributed by atoms with Gasteiger partial charge in [0.15, 0.2) is 0 Å². The number of rotatable bonds is 3. The molecule has 2 aliphatic heterocycles. The van der Waals surface area contributed by atoms with E-state index in [1.165, 1.54) is 12.8 Å². The Labute approximate surface area is 135 Å². The second kappa shape index (κ2) is 6.37. The van der Waals surface area contributed by atoms with Gasteiger partial charge in [0.2, 0.25) is 0 Å². The van der Waals surface area contributed by atoms with Gasteiger partial charge in [-0.15, -0.1) is 0 Å². The number of hydrogen-bond acceptors (Lipinski definition) is 5. The van der Waals surface area contributed by atoms with E-state index < -0.39 is 0 Å². The van der Waals surface area contributed by atoms with Gasteiger partial charge in [-0.3, -0.25) is 14.3 Å². The Morgan fingerprint density at radius 1 is 1.26 bits per heavy atom. The van der Waals surface area contributed by atoms with E-state index in [1.54, 1.807) is 29.4 Å². The number of ether oxygens (including phenoxy) is 1. The molecule has 0 aromatic carbocycles. The Bertz CT molecular complexity index is 731. The summed E-state index contributed by atoms with van der Waals surface area (Å²) < 4.78 is 7.52. The van der Waals surface area contributed by atoms with E-state index in [0.717, 1.165) is 44.6 Å². The Kier molecular flexibility index (Phi) is 4.10. The molecule has 6 heteroatoms. The highest BCUT2D eigenvalue weighted by atomic mass is 16.5. The van der Waals surface area contributed by atoms with Crippen LogP contribution >= 0.6 is 0 Å². The largest absolute Gasteiger partial charge is 0.377 e. The third-order valence-electron chi connectivity index (χ3n) is 5.02. The Morgan fingerprint density at radius 3 is 2.91 bits per heavy atom. The fourth-order valence-corrected chi connectivity index (χ4v) is 3.70. The van der Waals surface area contributed by atoms with Crippen molar-refractivity contribution in [1.29, 1.82) is 0 Å². The number of likely N-dealkylation sites (tertiary alicyclic amines) is 1. The molecule has 2 aromatic rings. The molecule has 1 unspecified atom stereocenters. The molecule has 122 valence electrons. The van der Waals surface area contributed by atoms with Crippen molar-refractivity contribution in [3.8, 4) is 0 Å². The SMILES string of the molecule is O=c1c2cnccc2ncn1C1CCN(CC2CCCO2)CC1. The molecule has 0 aliphatic carbocycles. The fourth-order valence-electron chi connectivity index (χ4n) is 3.70. The van der Waals surface area contributed by atoms with Gasteiger partial charge in [0.25, 0.3) is 5.56 Å². The molecule has 23 heavy (non-hydrogen) atoms. The number of piperidine rings is 1. The van der Waals surface area contributed by atoms with Crippen LogP contribution in [0.3, 0.4) is 0 Å². The number of hydrogen-bond donors (Lipinski definition) is 0. The fraction of sp³-hybridized carbons (Fsp3) is 0.588. The second-order valence-corrected chi connectivity index (χ2v) is 6.52. The van der Waals surface area contributed by atoms with Gasteiger partial charge >= 0.3 is 0 Å². The van der Waals surface area contributed by atoms with E-state index >= 15 is 0 Å². The van der Waals surface area contributed by atoms with Crippen LogP contribution in [0, 0.1) is 0 Å². The normalized spacial score (nSPS) is 23.6. The van der Waals surface area contributed by atoms with Crippen LogP contribution in [-0.2, 0) is 4.74 Å². The van der Waals surface area contributed by atoms with Crippen molar-refractivity contribution in [3.63, 3.8) is 0 Å². The molecule has 1 atom stereocenters.